The predicted octanol–water partition coefficient (Wildman–Crippen LogP) is 5.49. The number of non-ortho nitro benzene ring substituents is 1. The molecule has 0 bridgehead atoms. The highest BCUT2D eigenvalue weighted by atomic mass is 32.2. The highest BCUT2D eigenvalue weighted by molar-refractivity contribution is 7.92. The number of hydrogen-bond donors (Lipinski definition) is 1. The lowest BCUT2D eigenvalue weighted by Crippen LogP contribution is -2.53. The second kappa shape index (κ2) is 15.8. The van der Waals surface area contributed by atoms with E-state index in [0.29, 0.717) is 13.0 Å². The monoisotopic (exact) mass is 646 g/mol. The fourth-order valence-electron chi connectivity index (χ4n) is 4.88. The van der Waals surface area contributed by atoms with E-state index in [1.807, 2.05) is 13.0 Å². The molecular weight excluding hydrogens is 611 g/mol. The third-order valence-corrected chi connectivity index (χ3v) is 9.13. The maximum absolute atomic E-state index is 15.0. The van der Waals surface area contributed by atoms with E-state index in [4.69, 9.17) is 0 Å². The van der Waals surface area contributed by atoms with Gasteiger partial charge >= 0.3 is 0 Å². The Morgan fingerprint density at radius 3 is 2.22 bits per heavy atom. The summed E-state index contributed by atoms with van der Waals surface area (Å²) in [5, 5.41) is 14.5. The van der Waals surface area contributed by atoms with Crippen molar-refractivity contribution in [2.24, 2.45) is 0 Å². The average molecular weight is 647 g/mol. The minimum atomic E-state index is -4.44. The number of nitrogens with one attached hydrogen (secondary N) is 1. The van der Waals surface area contributed by atoms with Crippen molar-refractivity contribution in [3.8, 4) is 0 Å². The van der Waals surface area contributed by atoms with Crippen LogP contribution in [0, 0.1) is 15.9 Å². The lowest BCUT2D eigenvalue weighted by Gasteiger charge is -2.34. The van der Waals surface area contributed by atoms with Crippen LogP contribution in [0.1, 0.15) is 30.9 Å². The maximum Gasteiger partial charge on any atom is 0.271 e. The van der Waals surface area contributed by atoms with E-state index in [0.717, 1.165) is 22.4 Å². The Bertz CT molecular complexity index is 1760. The van der Waals surface area contributed by atoms with Crippen LogP contribution in [0.15, 0.2) is 114 Å². The number of amides is 2. The topological polar surface area (TPSA) is 130 Å². The Morgan fingerprint density at radius 2 is 1.57 bits per heavy atom. The molecule has 4 rings (SSSR count). The Morgan fingerprint density at radius 1 is 0.913 bits per heavy atom. The van der Waals surface area contributed by atoms with Gasteiger partial charge in [0.2, 0.25) is 11.8 Å². The Kier molecular flexibility index (Phi) is 11.6. The van der Waals surface area contributed by atoms with Gasteiger partial charge in [-0.2, -0.15) is 0 Å². The molecule has 0 radical (unpaired) electrons. The first-order chi connectivity index (χ1) is 22.1. The molecule has 240 valence electrons. The lowest BCUT2D eigenvalue weighted by molar-refractivity contribution is -0.384. The average Bonchev–Trinajstić information content (AvgIpc) is 3.06. The van der Waals surface area contributed by atoms with Gasteiger partial charge in [0.05, 0.1) is 15.5 Å². The summed E-state index contributed by atoms with van der Waals surface area (Å²) in [6.45, 7) is 1.17. The fourth-order valence-corrected chi connectivity index (χ4v) is 6.31. The minimum absolute atomic E-state index is 0.0707. The molecule has 12 heteroatoms. The molecule has 4 aromatic rings. The number of carbonyl (C=O) groups is 2. The number of nitrogens with zero attached hydrogens (tertiary/aromatic N) is 3. The molecule has 0 spiro atoms. The quantitative estimate of drug-likeness (QED) is 0.103. The zero-order valence-corrected chi connectivity index (χ0v) is 26.1. The number of nitro benzene ring substituents is 1. The van der Waals surface area contributed by atoms with Gasteiger partial charge in [-0.15, -0.1) is 0 Å². The summed E-state index contributed by atoms with van der Waals surface area (Å²) in [4.78, 5) is 40.1. The molecular formula is C34H35FN4O6S. The van der Waals surface area contributed by atoms with Crippen molar-refractivity contribution in [3.63, 3.8) is 0 Å². The summed E-state index contributed by atoms with van der Waals surface area (Å²) < 4.78 is 43.8. The normalized spacial score (nSPS) is 11.8. The van der Waals surface area contributed by atoms with Crippen LogP contribution in [-0.2, 0) is 32.6 Å². The third kappa shape index (κ3) is 8.54. The van der Waals surface area contributed by atoms with Gasteiger partial charge in [-0.3, -0.25) is 24.0 Å². The molecule has 0 saturated heterocycles. The standard InChI is InChI=1S/C34H35FN4O6S/c1-2-3-21-36-34(41)32(22-26-13-6-4-7-14-26)37(24-27-15-10-11-20-31(27)35)33(40)25-38(28-16-12-17-29(23-28)39(42)43)46(44,45)30-18-8-5-9-19-30/h4-20,23,32H,2-3,21-22,24-25H2,1H3,(H,36,41). The van der Waals surface area contributed by atoms with Crippen molar-refractivity contribution >= 4 is 33.2 Å². The molecule has 10 nitrogen and oxygen atoms in total. The molecule has 0 saturated carbocycles. The Balaban J connectivity index is 1.82. The highest BCUT2D eigenvalue weighted by Crippen LogP contribution is 2.28. The van der Waals surface area contributed by atoms with E-state index >= 15 is 4.39 Å². The molecule has 2 amide bonds. The molecule has 0 aliphatic rings. The summed E-state index contributed by atoms with van der Waals surface area (Å²) in [6, 6.07) is 26.0. The first-order valence-electron chi connectivity index (χ1n) is 14.8. The molecule has 1 unspecified atom stereocenters. The Labute approximate surface area is 267 Å². The molecule has 0 aliphatic carbocycles. The van der Waals surface area contributed by atoms with Crippen LogP contribution in [0.25, 0.3) is 0 Å². The van der Waals surface area contributed by atoms with Gasteiger partial charge in [-0.1, -0.05) is 86.1 Å². The van der Waals surface area contributed by atoms with E-state index < -0.39 is 45.2 Å². The van der Waals surface area contributed by atoms with Crippen LogP contribution < -0.4 is 9.62 Å². The van der Waals surface area contributed by atoms with Crippen LogP contribution in [0.4, 0.5) is 15.8 Å². The van der Waals surface area contributed by atoms with Crippen molar-refractivity contribution in [2.75, 3.05) is 17.4 Å². The zero-order chi connectivity index (χ0) is 33.1. The van der Waals surface area contributed by atoms with Crippen molar-refractivity contribution < 1.29 is 27.3 Å². The summed E-state index contributed by atoms with van der Waals surface area (Å²) in [6.07, 6.45) is 1.58. The van der Waals surface area contributed by atoms with Crippen LogP contribution in [0.5, 0.6) is 0 Å². The molecule has 0 aliphatic heterocycles. The number of benzene rings is 4. The van der Waals surface area contributed by atoms with Crippen LogP contribution in [0.2, 0.25) is 0 Å². The van der Waals surface area contributed by atoms with Gasteiger partial charge in [-0.05, 0) is 36.2 Å². The van der Waals surface area contributed by atoms with Gasteiger partial charge in [-0.25, -0.2) is 12.8 Å². The zero-order valence-electron chi connectivity index (χ0n) is 25.3. The first kappa shape index (κ1) is 33.8. The van der Waals surface area contributed by atoms with E-state index in [1.54, 1.807) is 36.4 Å². The Hall–Kier alpha value is -5.10. The number of rotatable bonds is 15. The van der Waals surface area contributed by atoms with Crippen molar-refractivity contribution in [1.29, 1.82) is 0 Å². The van der Waals surface area contributed by atoms with Gasteiger partial charge in [0.1, 0.15) is 18.4 Å². The number of nitro groups is 1. The van der Waals surface area contributed by atoms with Gasteiger partial charge in [0.25, 0.3) is 15.7 Å². The summed E-state index contributed by atoms with van der Waals surface area (Å²) >= 11 is 0. The first-order valence-corrected chi connectivity index (χ1v) is 16.2. The molecule has 0 fully saturated rings. The smallest absolute Gasteiger partial charge is 0.271 e. The summed E-state index contributed by atoms with van der Waals surface area (Å²) in [5.74, 6) is -1.88. The predicted molar refractivity (Wildman–Crippen MR) is 173 cm³/mol. The second-order valence-electron chi connectivity index (χ2n) is 10.6. The van der Waals surface area contributed by atoms with Crippen molar-refractivity contribution in [3.05, 3.63) is 136 Å². The van der Waals surface area contributed by atoms with Gasteiger partial charge < -0.3 is 10.2 Å². The number of halogens is 1. The lowest BCUT2D eigenvalue weighted by atomic mass is 10.0. The number of hydrogen-bond acceptors (Lipinski definition) is 6. The van der Waals surface area contributed by atoms with Crippen LogP contribution >= 0.6 is 0 Å². The highest BCUT2D eigenvalue weighted by Gasteiger charge is 2.35. The van der Waals surface area contributed by atoms with Crippen molar-refractivity contribution in [2.45, 2.75) is 43.7 Å². The minimum Gasteiger partial charge on any atom is -0.354 e. The summed E-state index contributed by atoms with van der Waals surface area (Å²) in [7, 11) is -4.44. The summed E-state index contributed by atoms with van der Waals surface area (Å²) in [5.41, 5.74) is 0.364. The van der Waals surface area contributed by atoms with Crippen molar-refractivity contribution in [1.82, 2.24) is 10.2 Å². The van der Waals surface area contributed by atoms with Crippen LogP contribution in [0.3, 0.4) is 0 Å². The van der Waals surface area contributed by atoms with E-state index in [-0.39, 0.29) is 34.8 Å². The van der Waals surface area contributed by atoms with Crippen LogP contribution in [-0.4, -0.2) is 49.2 Å². The molecule has 0 heterocycles. The molecule has 1 N–H and O–H groups in total. The van der Waals surface area contributed by atoms with Gasteiger partial charge in [0.15, 0.2) is 0 Å². The molecule has 46 heavy (non-hydrogen) atoms. The third-order valence-electron chi connectivity index (χ3n) is 7.34. The van der Waals surface area contributed by atoms with E-state index in [2.05, 4.69) is 5.32 Å². The number of sulfonamides is 1. The van der Waals surface area contributed by atoms with Gasteiger partial charge in [0, 0.05) is 37.2 Å². The van der Waals surface area contributed by atoms with E-state index in [9.17, 15) is 28.1 Å². The molecule has 1 atom stereocenters. The molecule has 0 aromatic heterocycles. The maximum atomic E-state index is 15.0. The SMILES string of the molecule is CCCCNC(=O)C(Cc1ccccc1)N(Cc1ccccc1F)C(=O)CN(c1cccc([N+](=O)[O-])c1)S(=O)(=O)c1ccccc1. The number of carbonyl (C=O) groups excluding carboxylic acids is 2. The largest absolute Gasteiger partial charge is 0.354 e. The second-order valence-corrected chi connectivity index (χ2v) is 12.4. The fraction of sp³-hybridized carbons (Fsp3) is 0.235. The number of unbranched alkanes of at least 4 members (excludes halogenated alkanes) is 1. The number of anilines is 1. The van der Waals surface area contributed by atoms with E-state index in [1.165, 1.54) is 65.6 Å². The molecule has 4 aromatic carbocycles.